The van der Waals surface area contributed by atoms with Gasteiger partial charge in [0.05, 0.1) is 0 Å². The van der Waals surface area contributed by atoms with E-state index < -0.39 is 5.82 Å². The van der Waals surface area contributed by atoms with Crippen LogP contribution in [0.15, 0.2) is 48.7 Å². The standard InChI is InChI=1S/C22H25FN4O2/c23-19-5-3-4-18(16-19)22(29)26-10-7-17(8-11-26)21(28)27-14-12-25(13-15-27)20-6-1-2-9-24-20/h1-6,9,16-17H,7-8,10-15H2. The van der Waals surface area contributed by atoms with Crippen LogP contribution >= 0.6 is 0 Å². The summed E-state index contributed by atoms with van der Waals surface area (Å²) in [7, 11) is 0. The van der Waals surface area contributed by atoms with Crippen molar-refractivity contribution < 1.29 is 14.0 Å². The molecule has 4 rings (SSSR count). The molecular formula is C22H25FN4O2. The number of amides is 2. The third-order valence-electron chi connectivity index (χ3n) is 5.77. The van der Waals surface area contributed by atoms with E-state index in [0.717, 1.165) is 18.9 Å². The number of likely N-dealkylation sites (tertiary alicyclic amines) is 1. The molecule has 0 radical (unpaired) electrons. The van der Waals surface area contributed by atoms with E-state index >= 15 is 0 Å². The number of hydrogen-bond acceptors (Lipinski definition) is 4. The number of nitrogens with zero attached hydrogens (tertiary/aromatic N) is 4. The molecule has 152 valence electrons. The highest BCUT2D eigenvalue weighted by molar-refractivity contribution is 5.94. The molecule has 0 atom stereocenters. The van der Waals surface area contributed by atoms with Gasteiger partial charge in [-0.2, -0.15) is 0 Å². The Kier molecular flexibility index (Phi) is 5.74. The Morgan fingerprint density at radius 2 is 1.66 bits per heavy atom. The number of halogens is 1. The van der Waals surface area contributed by atoms with Crippen molar-refractivity contribution in [2.75, 3.05) is 44.2 Å². The Morgan fingerprint density at radius 1 is 0.897 bits per heavy atom. The molecule has 6 nitrogen and oxygen atoms in total. The summed E-state index contributed by atoms with van der Waals surface area (Å²) in [6, 6.07) is 11.6. The van der Waals surface area contributed by atoms with Crippen molar-refractivity contribution in [2.24, 2.45) is 5.92 Å². The maximum absolute atomic E-state index is 13.4. The van der Waals surface area contributed by atoms with Gasteiger partial charge in [-0.3, -0.25) is 9.59 Å². The average Bonchev–Trinajstić information content (AvgIpc) is 2.79. The first-order valence-electron chi connectivity index (χ1n) is 10.1. The van der Waals surface area contributed by atoms with Crippen LogP contribution in [-0.2, 0) is 4.79 Å². The molecule has 29 heavy (non-hydrogen) atoms. The third-order valence-corrected chi connectivity index (χ3v) is 5.77. The number of benzene rings is 1. The van der Waals surface area contributed by atoms with Crippen molar-refractivity contribution in [1.82, 2.24) is 14.8 Å². The summed E-state index contributed by atoms with van der Waals surface area (Å²) >= 11 is 0. The van der Waals surface area contributed by atoms with E-state index in [1.165, 1.54) is 12.1 Å². The molecule has 0 aliphatic carbocycles. The molecule has 2 saturated heterocycles. The van der Waals surface area contributed by atoms with Gasteiger partial charge in [-0.1, -0.05) is 12.1 Å². The topological polar surface area (TPSA) is 56.8 Å². The van der Waals surface area contributed by atoms with Crippen LogP contribution in [0.1, 0.15) is 23.2 Å². The molecule has 3 heterocycles. The van der Waals surface area contributed by atoms with Gasteiger partial charge >= 0.3 is 0 Å². The van der Waals surface area contributed by atoms with Crippen LogP contribution in [0.2, 0.25) is 0 Å². The molecular weight excluding hydrogens is 371 g/mol. The average molecular weight is 396 g/mol. The van der Waals surface area contributed by atoms with E-state index in [-0.39, 0.29) is 17.7 Å². The fourth-order valence-corrected chi connectivity index (χ4v) is 4.09. The predicted molar refractivity (Wildman–Crippen MR) is 108 cm³/mol. The molecule has 0 bridgehead atoms. The van der Waals surface area contributed by atoms with Gasteiger partial charge in [0.25, 0.3) is 5.91 Å². The van der Waals surface area contributed by atoms with Gasteiger partial charge in [0.15, 0.2) is 0 Å². The number of piperazine rings is 1. The molecule has 7 heteroatoms. The number of piperidine rings is 1. The quantitative estimate of drug-likeness (QED) is 0.800. The highest BCUT2D eigenvalue weighted by atomic mass is 19.1. The van der Waals surface area contributed by atoms with Crippen molar-refractivity contribution in [3.63, 3.8) is 0 Å². The Bertz CT molecular complexity index is 860. The van der Waals surface area contributed by atoms with Crippen molar-refractivity contribution in [1.29, 1.82) is 0 Å². The van der Waals surface area contributed by atoms with E-state index in [2.05, 4.69) is 9.88 Å². The summed E-state index contributed by atoms with van der Waals surface area (Å²) in [5.74, 6) is 0.505. The Morgan fingerprint density at radius 3 is 2.31 bits per heavy atom. The van der Waals surface area contributed by atoms with Crippen LogP contribution in [0.3, 0.4) is 0 Å². The summed E-state index contributed by atoms with van der Waals surface area (Å²) in [4.78, 5) is 35.7. The monoisotopic (exact) mass is 396 g/mol. The van der Waals surface area contributed by atoms with E-state index in [9.17, 15) is 14.0 Å². The lowest BCUT2D eigenvalue weighted by Gasteiger charge is -2.39. The lowest BCUT2D eigenvalue weighted by Crippen LogP contribution is -2.52. The molecule has 1 aromatic heterocycles. The first kappa shape index (κ1) is 19.4. The van der Waals surface area contributed by atoms with Crippen LogP contribution in [0.5, 0.6) is 0 Å². The highest BCUT2D eigenvalue weighted by Crippen LogP contribution is 2.23. The molecule has 0 N–H and O–H groups in total. The lowest BCUT2D eigenvalue weighted by atomic mass is 9.94. The second kappa shape index (κ2) is 8.59. The minimum absolute atomic E-state index is 0.0482. The van der Waals surface area contributed by atoms with Gasteiger partial charge in [-0.05, 0) is 43.2 Å². The van der Waals surface area contributed by atoms with Crippen molar-refractivity contribution in [3.8, 4) is 0 Å². The molecule has 1 aromatic carbocycles. The van der Waals surface area contributed by atoms with Gasteiger partial charge in [0.1, 0.15) is 11.6 Å². The molecule has 2 aromatic rings. The largest absolute Gasteiger partial charge is 0.353 e. The van der Waals surface area contributed by atoms with Crippen molar-refractivity contribution in [2.45, 2.75) is 12.8 Å². The molecule has 0 spiro atoms. The summed E-state index contributed by atoms with van der Waals surface area (Å²) in [5.41, 5.74) is 0.361. The fourth-order valence-electron chi connectivity index (χ4n) is 4.09. The SMILES string of the molecule is O=C(c1cccc(F)c1)N1CCC(C(=O)N2CCN(c3ccccn3)CC2)CC1. The zero-order valence-corrected chi connectivity index (χ0v) is 16.3. The minimum Gasteiger partial charge on any atom is -0.353 e. The normalized spacial score (nSPS) is 18.0. The minimum atomic E-state index is -0.411. The van der Waals surface area contributed by atoms with E-state index in [4.69, 9.17) is 0 Å². The van der Waals surface area contributed by atoms with Crippen LogP contribution in [0, 0.1) is 11.7 Å². The number of hydrogen-bond donors (Lipinski definition) is 0. The van der Waals surface area contributed by atoms with E-state index in [1.54, 1.807) is 23.2 Å². The number of rotatable bonds is 3. The molecule has 2 fully saturated rings. The Labute approximate surface area is 169 Å². The lowest BCUT2D eigenvalue weighted by molar-refractivity contribution is -0.137. The Hall–Kier alpha value is -2.96. The third kappa shape index (κ3) is 4.39. The smallest absolute Gasteiger partial charge is 0.253 e. The van der Waals surface area contributed by atoms with Crippen LogP contribution in [0.4, 0.5) is 10.2 Å². The van der Waals surface area contributed by atoms with Crippen LogP contribution < -0.4 is 4.90 Å². The second-order valence-corrected chi connectivity index (χ2v) is 7.58. The van der Waals surface area contributed by atoms with Gasteiger partial charge in [-0.25, -0.2) is 9.37 Å². The highest BCUT2D eigenvalue weighted by Gasteiger charge is 2.32. The molecule has 2 amide bonds. The first-order chi connectivity index (χ1) is 14.1. The van der Waals surface area contributed by atoms with Gasteiger partial charge in [-0.15, -0.1) is 0 Å². The Balaban J connectivity index is 1.28. The maximum atomic E-state index is 13.4. The second-order valence-electron chi connectivity index (χ2n) is 7.58. The van der Waals surface area contributed by atoms with Gasteiger partial charge < -0.3 is 14.7 Å². The summed E-state index contributed by atoms with van der Waals surface area (Å²) in [6.07, 6.45) is 3.09. The predicted octanol–water partition coefficient (Wildman–Crippen LogP) is 2.42. The van der Waals surface area contributed by atoms with Crippen LogP contribution in [-0.4, -0.2) is 65.9 Å². The molecule has 0 saturated carbocycles. The number of carbonyl (C=O) groups excluding carboxylic acids is 2. The maximum Gasteiger partial charge on any atom is 0.253 e. The van der Waals surface area contributed by atoms with Crippen LogP contribution in [0.25, 0.3) is 0 Å². The summed E-state index contributed by atoms with van der Waals surface area (Å²) < 4.78 is 13.4. The molecule has 0 unspecified atom stereocenters. The number of carbonyl (C=O) groups is 2. The van der Waals surface area contributed by atoms with E-state index in [1.807, 2.05) is 23.1 Å². The van der Waals surface area contributed by atoms with E-state index in [0.29, 0.717) is 44.6 Å². The fraction of sp³-hybridized carbons (Fsp3) is 0.409. The van der Waals surface area contributed by atoms with Gasteiger partial charge in [0, 0.05) is 56.9 Å². The number of pyridine rings is 1. The van der Waals surface area contributed by atoms with Gasteiger partial charge in [0.2, 0.25) is 5.91 Å². The summed E-state index contributed by atoms with van der Waals surface area (Å²) in [6.45, 7) is 3.99. The van der Waals surface area contributed by atoms with Crippen molar-refractivity contribution in [3.05, 3.63) is 60.0 Å². The number of aromatic nitrogens is 1. The molecule has 2 aliphatic heterocycles. The zero-order valence-electron chi connectivity index (χ0n) is 16.3. The summed E-state index contributed by atoms with van der Waals surface area (Å²) in [5, 5.41) is 0. The van der Waals surface area contributed by atoms with Crippen molar-refractivity contribution >= 4 is 17.6 Å². The number of anilines is 1. The zero-order chi connectivity index (χ0) is 20.2. The first-order valence-corrected chi connectivity index (χ1v) is 10.1. The molecule has 2 aliphatic rings.